The number of benzene rings is 2. The zero-order chi connectivity index (χ0) is 21.1. The number of aromatic nitrogens is 2. The molecule has 0 saturated carbocycles. The van der Waals surface area contributed by atoms with Crippen molar-refractivity contribution in [3.8, 4) is 28.6 Å². The quantitative estimate of drug-likeness (QED) is 0.492. The lowest BCUT2D eigenvalue weighted by Gasteiger charge is -2.13. The molecule has 3 N–H and O–H groups in total. The summed E-state index contributed by atoms with van der Waals surface area (Å²) in [4.78, 5) is 4.63. The largest absolute Gasteiger partial charge is 0.490 e. The van der Waals surface area contributed by atoms with E-state index in [-0.39, 0.29) is 18.8 Å². The van der Waals surface area contributed by atoms with E-state index >= 15 is 0 Å². The number of hydrogen-bond acceptors (Lipinski definition) is 7. The first-order valence-electron chi connectivity index (χ1n) is 10.2. The highest BCUT2D eigenvalue weighted by Crippen LogP contribution is 2.37. The lowest BCUT2D eigenvalue weighted by molar-refractivity contribution is 0.242. The SMILES string of the molecule is CC(C)Oc1ccc(-c2nc(-c3cccc4c3CC[C@@H]4NCCO)no2)cc1C=N. The van der Waals surface area contributed by atoms with Crippen LogP contribution >= 0.6 is 0 Å². The third-order valence-electron chi connectivity index (χ3n) is 5.22. The number of ether oxygens (including phenoxy) is 1. The Hall–Kier alpha value is -3.03. The lowest BCUT2D eigenvalue weighted by Crippen LogP contribution is -2.22. The van der Waals surface area contributed by atoms with Gasteiger partial charge in [-0.3, -0.25) is 0 Å². The van der Waals surface area contributed by atoms with Gasteiger partial charge in [0.05, 0.1) is 12.7 Å². The molecule has 7 heteroatoms. The van der Waals surface area contributed by atoms with Gasteiger partial charge in [-0.1, -0.05) is 23.4 Å². The summed E-state index contributed by atoms with van der Waals surface area (Å²) in [5, 5.41) is 24.4. The predicted molar refractivity (Wildman–Crippen MR) is 115 cm³/mol. The maximum Gasteiger partial charge on any atom is 0.258 e. The molecule has 1 aromatic heterocycles. The molecule has 0 saturated heterocycles. The second kappa shape index (κ2) is 8.77. The molecule has 3 aromatic rings. The molecule has 0 bridgehead atoms. The first kappa shape index (κ1) is 20.3. The van der Waals surface area contributed by atoms with Crippen LogP contribution in [-0.4, -0.2) is 40.7 Å². The number of rotatable bonds is 8. The van der Waals surface area contributed by atoms with E-state index < -0.39 is 0 Å². The second-order valence-corrected chi connectivity index (χ2v) is 7.63. The summed E-state index contributed by atoms with van der Waals surface area (Å²) < 4.78 is 11.3. The third-order valence-corrected chi connectivity index (χ3v) is 5.22. The van der Waals surface area contributed by atoms with Gasteiger partial charge in [0.15, 0.2) is 0 Å². The summed E-state index contributed by atoms with van der Waals surface area (Å²) >= 11 is 0. The van der Waals surface area contributed by atoms with Gasteiger partial charge in [-0.15, -0.1) is 0 Å². The van der Waals surface area contributed by atoms with Crippen LogP contribution < -0.4 is 10.1 Å². The molecule has 1 aliphatic rings. The van der Waals surface area contributed by atoms with Gasteiger partial charge in [0.1, 0.15) is 5.75 Å². The summed E-state index contributed by atoms with van der Waals surface area (Å²) in [6.45, 7) is 4.60. The molecule has 0 fully saturated rings. The van der Waals surface area contributed by atoms with Crippen LogP contribution in [0.25, 0.3) is 22.8 Å². The van der Waals surface area contributed by atoms with Gasteiger partial charge >= 0.3 is 0 Å². The topological polar surface area (TPSA) is 104 Å². The molecule has 0 unspecified atom stereocenters. The molecular weight excluding hydrogens is 380 g/mol. The minimum atomic E-state index is 0.0282. The summed E-state index contributed by atoms with van der Waals surface area (Å²) in [5.74, 6) is 1.63. The smallest absolute Gasteiger partial charge is 0.258 e. The van der Waals surface area contributed by atoms with Crippen molar-refractivity contribution in [2.75, 3.05) is 13.2 Å². The van der Waals surface area contributed by atoms with E-state index in [1.807, 2.05) is 44.2 Å². The molecule has 0 aliphatic heterocycles. The number of hydrogen-bond donors (Lipinski definition) is 3. The normalized spacial score (nSPS) is 15.4. The Morgan fingerprint density at radius 2 is 2.20 bits per heavy atom. The number of fused-ring (bicyclic) bond motifs is 1. The van der Waals surface area contributed by atoms with Crippen molar-refractivity contribution in [3.63, 3.8) is 0 Å². The molecule has 4 rings (SSSR count). The average Bonchev–Trinajstić information content (AvgIpc) is 3.39. The van der Waals surface area contributed by atoms with Crippen LogP contribution in [0.15, 0.2) is 40.9 Å². The van der Waals surface area contributed by atoms with Crippen molar-refractivity contribution in [2.45, 2.75) is 38.8 Å². The molecule has 156 valence electrons. The van der Waals surface area contributed by atoms with E-state index in [9.17, 15) is 0 Å². The van der Waals surface area contributed by atoms with E-state index in [4.69, 9.17) is 19.8 Å². The van der Waals surface area contributed by atoms with Crippen molar-refractivity contribution in [3.05, 3.63) is 53.1 Å². The molecule has 2 aromatic carbocycles. The van der Waals surface area contributed by atoms with Crippen molar-refractivity contribution in [2.24, 2.45) is 0 Å². The first-order chi connectivity index (χ1) is 14.6. The Morgan fingerprint density at radius 3 is 2.97 bits per heavy atom. The fraction of sp³-hybridized carbons (Fsp3) is 0.348. The minimum absolute atomic E-state index is 0.0282. The highest BCUT2D eigenvalue weighted by Gasteiger charge is 2.26. The lowest BCUT2D eigenvalue weighted by atomic mass is 10.0. The Balaban J connectivity index is 1.63. The first-order valence-corrected chi connectivity index (χ1v) is 10.2. The van der Waals surface area contributed by atoms with E-state index in [0.717, 1.165) is 24.0 Å². The van der Waals surface area contributed by atoms with Crippen LogP contribution in [0.5, 0.6) is 5.75 Å². The molecule has 1 aliphatic carbocycles. The van der Waals surface area contributed by atoms with E-state index in [1.54, 1.807) is 0 Å². The maximum absolute atomic E-state index is 9.10. The van der Waals surface area contributed by atoms with Crippen LogP contribution in [-0.2, 0) is 6.42 Å². The molecular formula is C23H26N4O3. The van der Waals surface area contributed by atoms with Gasteiger partial charge in [0, 0.05) is 35.5 Å². The number of aliphatic hydroxyl groups is 1. The number of aliphatic hydroxyl groups excluding tert-OH is 1. The van der Waals surface area contributed by atoms with Crippen molar-refractivity contribution >= 4 is 6.21 Å². The molecule has 0 spiro atoms. The number of nitrogens with one attached hydrogen (secondary N) is 2. The Labute approximate surface area is 175 Å². The molecule has 0 amide bonds. The van der Waals surface area contributed by atoms with Crippen LogP contribution in [0.3, 0.4) is 0 Å². The zero-order valence-electron chi connectivity index (χ0n) is 17.2. The van der Waals surface area contributed by atoms with Crippen LogP contribution in [0.1, 0.15) is 43.0 Å². The zero-order valence-corrected chi connectivity index (χ0v) is 17.2. The third kappa shape index (κ3) is 3.99. The summed E-state index contributed by atoms with van der Waals surface area (Å²) in [5.41, 5.74) is 4.84. The van der Waals surface area contributed by atoms with Crippen molar-refractivity contribution in [1.29, 1.82) is 5.41 Å². The van der Waals surface area contributed by atoms with Crippen molar-refractivity contribution < 1.29 is 14.4 Å². The fourth-order valence-corrected chi connectivity index (χ4v) is 3.92. The summed E-state index contributed by atoms with van der Waals surface area (Å²) in [6.07, 6.45) is 3.21. The van der Waals surface area contributed by atoms with E-state index in [1.165, 1.54) is 17.3 Å². The predicted octanol–water partition coefficient (Wildman–Crippen LogP) is 3.76. The van der Waals surface area contributed by atoms with Gasteiger partial charge in [0.25, 0.3) is 5.89 Å². The molecule has 1 heterocycles. The van der Waals surface area contributed by atoms with Crippen LogP contribution in [0.2, 0.25) is 0 Å². The Kier molecular flexibility index (Phi) is 5.92. The maximum atomic E-state index is 9.10. The van der Waals surface area contributed by atoms with Gasteiger partial charge < -0.3 is 25.1 Å². The average molecular weight is 406 g/mol. The van der Waals surface area contributed by atoms with E-state index in [0.29, 0.717) is 29.6 Å². The van der Waals surface area contributed by atoms with Gasteiger partial charge in [-0.25, -0.2) is 0 Å². The Morgan fingerprint density at radius 1 is 1.33 bits per heavy atom. The fourth-order valence-electron chi connectivity index (χ4n) is 3.92. The minimum Gasteiger partial charge on any atom is -0.490 e. The highest BCUT2D eigenvalue weighted by atomic mass is 16.5. The Bertz CT molecular complexity index is 1040. The van der Waals surface area contributed by atoms with Crippen LogP contribution in [0.4, 0.5) is 0 Å². The molecule has 30 heavy (non-hydrogen) atoms. The van der Waals surface area contributed by atoms with E-state index in [2.05, 4.69) is 21.5 Å². The second-order valence-electron chi connectivity index (χ2n) is 7.63. The van der Waals surface area contributed by atoms with Gasteiger partial charge in [0.2, 0.25) is 5.82 Å². The molecule has 7 nitrogen and oxygen atoms in total. The summed E-state index contributed by atoms with van der Waals surface area (Å²) in [7, 11) is 0. The monoisotopic (exact) mass is 406 g/mol. The molecule has 0 radical (unpaired) electrons. The summed E-state index contributed by atoms with van der Waals surface area (Å²) in [6, 6.07) is 11.9. The van der Waals surface area contributed by atoms with Crippen molar-refractivity contribution in [1.82, 2.24) is 15.5 Å². The number of nitrogens with zero attached hydrogens (tertiary/aromatic N) is 2. The standard InChI is InChI=1S/C23H26N4O3/c1-14(2)29-21-9-6-15(12-16(21)13-24)23-26-22(27-30-23)19-5-3-4-18-17(19)7-8-20(18)25-10-11-28/h3-6,9,12-14,20,24-25,28H,7-8,10-11H2,1-2H3/t20-/m0/s1. The van der Waals surface area contributed by atoms with Gasteiger partial charge in [-0.05, 0) is 56.0 Å². The molecule has 1 atom stereocenters. The van der Waals surface area contributed by atoms with Crippen LogP contribution in [0, 0.1) is 5.41 Å². The van der Waals surface area contributed by atoms with Gasteiger partial charge in [-0.2, -0.15) is 4.98 Å². The highest BCUT2D eigenvalue weighted by molar-refractivity contribution is 5.83.